The SMILES string of the molecule is C=N/C=C\N(N)c1ncc(F)c2c(C(=O)C(=O)OC)c[nH]c12. The molecule has 2 heterocycles. The summed E-state index contributed by atoms with van der Waals surface area (Å²) in [5, 5.41) is 0.968. The van der Waals surface area contributed by atoms with Crippen LogP contribution in [-0.4, -0.2) is 35.5 Å². The van der Waals surface area contributed by atoms with Crippen LogP contribution in [0.15, 0.2) is 29.8 Å². The first kappa shape index (κ1) is 15.3. The van der Waals surface area contributed by atoms with Gasteiger partial charge in [-0.1, -0.05) is 0 Å². The quantitative estimate of drug-likeness (QED) is 0.212. The van der Waals surface area contributed by atoms with Crippen molar-refractivity contribution in [2.45, 2.75) is 0 Å². The third-order valence-electron chi connectivity index (χ3n) is 2.84. The van der Waals surface area contributed by atoms with E-state index in [0.29, 0.717) is 0 Å². The molecular formula is C13H12FN5O3. The molecule has 0 bridgehead atoms. The molecule has 0 atom stereocenters. The first-order valence-corrected chi connectivity index (χ1v) is 5.96. The minimum Gasteiger partial charge on any atom is -0.463 e. The molecule has 0 saturated carbocycles. The van der Waals surface area contributed by atoms with E-state index in [4.69, 9.17) is 5.84 Å². The van der Waals surface area contributed by atoms with Gasteiger partial charge in [0.1, 0.15) is 0 Å². The molecule has 114 valence electrons. The summed E-state index contributed by atoms with van der Waals surface area (Å²) in [6, 6.07) is 0. The second kappa shape index (κ2) is 6.14. The van der Waals surface area contributed by atoms with Gasteiger partial charge in [0.25, 0.3) is 5.78 Å². The summed E-state index contributed by atoms with van der Waals surface area (Å²) in [6.07, 6.45) is 4.74. The van der Waals surface area contributed by atoms with Crippen molar-refractivity contribution < 1.29 is 18.7 Å². The summed E-state index contributed by atoms with van der Waals surface area (Å²) in [5.74, 6) is 3.04. The highest BCUT2D eigenvalue weighted by atomic mass is 19.1. The number of halogens is 1. The molecule has 0 radical (unpaired) electrons. The molecular weight excluding hydrogens is 293 g/mol. The van der Waals surface area contributed by atoms with E-state index in [-0.39, 0.29) is 22.3 Å². The van der Waals surface area contributed by atoms with Gasteiger partial charge in [0.05, 0.1) is 29.8 Å². The first-order valence-electron chi connectivity index (χ1n) is 5.96. The van der Waals surface area contributed by atoms with Gasteiger partial charge in [-0.2, -0.15) is 0 Å². The number of fused-ring (bicyclic) bond motifs is 1. The van der Waals surface area contributed by atoms with Crippen LogP contribution in [0.1, 0.15) is 10.4 Å². The first-order chi connectivity index (χ1) is 10.5. The molecule has 2 rings (SSSR count). The molecule has 0 amide bonds. The summed E-state index contributed by atoms with van der Waals surface area (Å²) < 4.78 is 18.4. The zero-order valence-corrected chi connectivity index (χ0v) is 11.5. The van der Waals surface area contributed by atoms with Crippen LogP contribution in [0.25, 0.3) is 10.9 Å². The molecule has 2 aromatic rings. The molecule has 0 aromatic carbocycles. The lowest BCUT2D eigenvalue weighted by Crippen LogP contribution is -2.25. The maximum absolute atomic E-state index is 14.0. The van der Waals surface area contributed by atoms with Gasteiger partial charge in [-0.25, -0.2) is 20.0 Å². The van der Waals surface area contributed by atoms with Crippen molar-refractivity contribution in [3.63, 3.8) is 0 Å². The zero-order valence-electron chi connectivity index (χ0n) is 11.5. The minimum absolute atomic E-state index is 0.101. The number of carbonyl (C=O) groups excluding carboxylic acids is 2. The van der Waals surface area contributed by atoms with E-state index in [1.165, 1.54) is 18.6 Å². The predicted molar refractivity (Wildman–Crippen MR) is 77.8 cm³/mol. The van der Waals surface area contributed by atoms with Crippen LogP contribution in [0.2, 0.25) is 0 Å². The average molecular weight is 305 g/mol. The van der Waals surface area contributed by atoms with E-state index < -0.39 is 17.6 Å². The predicted octanol–water partition coefficient (Wildman–Crippen LogP) is 0.910. The number of aromatic amines is 1. The molecule has 22 heavy (non-hydrogen) atoms. The van der Waals surface area contributed by atoms with Crippen LogP contribution >= 0.6 is 0 Å². The Morgan fingerprint density at radius 1 is 1.59 bits per heavy atom. The number of methoxy groups -OCH3 is 1. The molecule has 0 fully saturated rings. The summed E-state index contributed by atoms with van der Waals surface area (Å²) in [4.78, 5) is 33.2. The Bertz CT molecular complexity index is 783. The number of carbonyl (C=O) groups is 2. The summed E-state index contributed by atoms with van der Waals surface area (Å²) >= 11 is 0. The number of hydrazine groups is 1. The monoisotopic (exact) mass is 305 g/mol. The molecule has 0 saturated heterocycles. The van der Waals surface area contributed by atoms with Crippen LogP contribution in [0.4, 0.5) is 10.2 Å². The van der Waals surface area contributed by atoms with Gasteiger partial charge in [0, 0.05) is 18.6 Å². The Balaban J connectivity index is 2.61. The Kier molecular flexibility index (Phi) is 4.28. The van der Waals surface area contributed by atoms with Gasteiger partial charge in [0.15, 0.2) is 11.6 Å². The fourth-order valence-corrected chi connectivity index (χ4v) is 1.86. The second-order valence-corrected chi connectivity index (χ2v) is 4.09. The normalized spacial score (nSPS) is 10.9. The number of hydrogen-bond acceptors (Lipinski definition) is 7. The summed E-state index contributed by atoms with van der Waals surface area (Å²) in [7, 11) is 1.06. The molecule has 3 N–H and O–H groups in total. The highest BCUT2D eigenvalue weighted by molar-refractivity contribution is 6.43. The largest absolute Gasteiger partial charge is 0.463 e. The van der Waals surface area contributed by atoms with Crippen molar-refractivity contribution in [2.75, 3.05) is 12.1 Å². The molecule has 9 heteroatoms. The fourth-order valence-electron chi connectivity index (χ4n) is 1.86. The third-order valence-corrected chi connectivity index (χ3v) is 2.84. The average Bonchev–Trinajstić information content (AvgIpc) is 2.97. The van der Waals surface area contributed by atoms with Crippen LogP contribution in [0.3, 0.4) is 0 Å². The zero-order chi connectivity index (χ0) is 16.3. The van der Waals surface area contributed by atoms with E-state index in [0.717, 1.165) is 18.3 Å². The number of nitrogens with two attached hydrogens (primary N) is 1. The maximum Gasteiger partial charge on any atom is 0.379 e. The Hall–Kier alpha value is -3.07. The molecule has 0 aliphatic rings. The van der Waals surface area contributed by atoms with Gasteiger partial charge in [-0.05, 0) is 6.72 Å². The number of Topliss-reactive ketones (excluding diaryl/α,β-unsaturated/α-hetero) is 1. The topological polar surface area (TPSA) is 114 Å². The van der Waals surface area contributed by atoms with Crippen molar-refractivity contribution >= 4 is 35.2 Å². The number of esters is 1. The Morgan fingerprint density at radius 2 is 2.32 bits per heavy atom. The van der Waals surface area contributed by atoms with E-state index in [2.05, 4.69) is 26.4 Å². The van der Waals surface area contributed by atoms with Crippen LogP contribution in [0.5, 0.6) is 0 Å². The molecule has 8 nitrogen and oxygen atoms in total. The smallest absolute Gasteiger partial charge is 0.379 e. The second-order valence-electron chi connectivity index (χ2n) is 4.09. The molecule has 2 aromatic heterocycles. The highest BCUT2D eigenvalue weighted by Crippen LogP contribution is 2.28. The van der Waals surface area contributed by atoms with Crippen molar-refractivity contribution in [2.24, 2.45) is 10.8 Å². The van der Waals surface area contributed by atoms with Crippen molar-refractivity contribution in [3.05, 3.63) is 36.2 Å². The van der Waals surface area contributed by atoms with Gasteiger partial charge in [0.2, 0.25) is 0 Å². The number of H-pyrrole nitrogens is 1. The molecule has 0 aliphatic carbocycles. The lowest BCUT2D eigenvalue weighted by molar-refractivity contribution is -0.135. The number of ether oxygens (including phenoxy) is 1. The Labute approximate surface area is 124 Å². The number of nitrogens with one attached hydrogen (secondary N) is 1. The number of anilines is 1. The Morgan fingerprint density at radius 3 is 2.95 bits per heavy atom. The lowest BCUT2D eigenvalue weighted by atomic mass is 10.1. The van der Waals surface area contributed by atoms with Crippen LogP contribution in [0, 0.1) is 5.82 Å². The van der Waals surface area contributed by atoms with E-state index in [1.54, 1.807) is 0 Å². The number of nitrogens with zero attached hydrogens (tertiary/aromatic N) is 3. The van der Waals surface area contributed by atoms with Gasteiger partial charge in [-0.3, -0.25) is 14.8 Å². The lowest BCUT2D eigenvalue weighted by Gasteiger charge is -2.13. The molecule has 0 aliphatic heterocycles. The number of aliphatic imine (C=N–C) groups is 1. The fraction of sp³-hybridized carbons (Fsp3) is 0.0769. The number of pyridine rings is 1. The summed E-state index contributed by atoms with van der Waals surface area (Å²) in [5.41, 5.74) is -0.00862. The third kappa shape index (κ3) is 2.56. The van der Waals surface area contributed by atoms with Crippen molar-refractivity contribution in [1.82, 2.24) is 9.97 Å². The minimum atomic E-state index is -1.10. The number of ketones is 1. The van der Waals surface area contributed by atoms with Crippen molar-refractivity contribution in [3.8, 4) is 0 Å². The van der Waals surface area contributed by atoms with E-state index >= 15 is 0 Å². The number of aromatic nitrogens is 2. The van der Waals surface area contributed by atoms with E-state index in [9.17, 15) is 14.0 Å². The van der Waals surface area contributed by atoms with Crippen LogP contribution in [-0.2, 0) is 9.53 Å². The highest BCUT2D eigenvalue weighted by Gasteiger charge is 2.24. The molecule has 0 spiro atoms. The van der Waals surface area contributed by atoms with Crippen LogP contribution < -0.4 is 10.9 Å². The standard InChI is InChI=1S/C13H12FN5O3/c1-16-3-4-19(15)12-10-9(8(14)6-18-12)7(5-17-10)11(20)13(21)22-2/h3-6,17H,1,15H2,2H3/b4-3-. The number of hydrogen-bond donors (Lipinski definition) is 2. The summed E-state index contributed by atoms with van der Waals surface area (Å²) in [6.45, 7) is 3.26. The van der Waals surface area contributed by atoms with E-state index in [1.807, 2.05) is 0 Å². The van der Waals surface area contributed by atoms with Gasteiger partial charge >= 0.3 is 5.97 Å². The van der Waals surface area contributed by atoms with Gasteiger partial charge < -0.3 is 9.72 Å². The number of rotatable bonds is 5. The van der Waals surface area contributed by atoms with Gasteiger partial charge in [-0.15, -0.1) is 0 Å². The maximum atomic E-state index is 14.0. The molecule has 0 unspecified atom stereocenters. The van der Waals surface area contributed by atoms with Crippen molar-refractivity contribution in [1.29, 1.82) is 0 Å².